The fourth-order valence-electron chi connectivity index (χ4n) is 2.98. The summed E-state index contributed by atoms with van der Waals surface area (Å²) < 4.78 is 6.88. The molecular formula is C17H16N4O3. The molecule has 0 saturated carbocycles. The summed E-state index contributed by atoms with van der Waals surface area (Å²) >= 11 is 0. The molecule has 4 rings (SSSR count). The highest BCUT2D eigenvalue weighted by atomic mass is 16.5. The number of nitrogens with one attached hydrogen (secondary N) is 1. The Kier molecular flexibility index (Phi) is 3.41. The van der Waals surface area contributed by atoms with Gasteiger partial charge in [0.1, 0.15) is 5.76 Å². The van der Waals surface area contributed by atoms with Gasteiger partial charge in [0.2, 0.25) is 0 Å². The van der Waals surface area contributed by atoms with Crippen molar-refractivity contribution in [2.24, 2.45) is 0 Å². The van der Waals surface area contributed by atoms with Crippen molar-refractivity contribution in [3.8, 4) is 0 Å². The SMILES string of the molecule is Cc1cc(CC(=O)c2ccc3nc4n(c3c2)CCCNC4=O)no1. The molecule has 3 heterocycles. The molecule has 2 aromatic heterocycles. The van der Waals surface area contributed by atoms with E-state index in [9.17, 15) is 9.59 Å². The second kappa shape index (κ2) is 5.59. The van der Waals surface area contributed by atoms with Gasteiger partial charge in [-0.25, -0.2) is 4.98 Å². The standard InChI is InChI=1S/C17H16N4O3/c1-10-7-12(20-24-10)9-15(22)11-3-4-13-14(8-11)21-6-2-5-18-17(23)16(21)19-13/h3-4,7-8H,2,5-6,9H2,1H3,(H,18,23). The number of aromatic nitrogens is 3. The van der Waals surface area contributed by atoms with E-state index >= 15 is 0 Å². The molecule has 1 N–H and O–H groups in total. The number of Topliss-reactive ketones (excluding diaryl/α,β-unsaturated/α-hetero) is 1. The molecule has 1 aliphatic heterocycles. The summed E-state index contributed by atoms with van der Waals surface area (Å²) in [6, 6.07) is 7.08. The summed E-state index contributed by atoms with van der Waals surface area (Å²) in [7, 11) is 0. The van der Waals surface area contributed by atoms with Crippen LogP contribution >= 0.6 is 0 Å². The first-order chi connectivity index (χ1) is 11.6. The zero-order chi connectivity index (χ0) is 16.7. The van der Waals surface area contributed by atoms with Crippen LogP contribution in [-0.2, 0) is 13.0 Å². The minimum Gasteiger partial charge on any atom is -0.361 e. The van der Waals surface area contributed by atoms with Gasteiger partial charge >= 0.3 is 0 Å². The Morgan fingerprint density at radius 2 is 2.25 bits per heavy atom. The van der Waals surface area contributed by atoms with Crippen molar-refractivity contribution in [1.29, 1.82) is 0 Å². The summed E-state index contributed by atoms with van der Waals surface area (Å²) in [5, 5.41) is 6.69. The normalized spacial score (nSPS) is 14.3. The van der Waals surface area contributed by atoms with E-state index in [0.717, 1.165) is 17.5 Å². The van der Waals surface area contributed by atoms with E-state index in [2.05, 4.69) is 15.5 Å². The molecule has 7 heteroatoms. The van der Waals surface area contributed by atoms with Gasteiger partial charge in [0.05, 0.1) is 23.1 Å². The molecule has 1 aromatic carbocycles. The van der Waals surface area contributed by atoms with Crippen molar-refractivity contribution < 1.29 is 14.1 Å². The van der Waals surface area contributed by atoms with Crippen LogP contribution in [0.15, 0.2) is 28.8 Å². The Bertz CT molecular complexity index is 954. The zero-order valence-electron chi connectivity index (χ0n) is 13.2. The van der Waals surface area contributed by atoms with E-state index < -0.39 is 0 Å². The minimum atomic E-state index is -0.172. The highest BCUT2D eigenvalue weighted by Crippen LogP contribution is 2.21. The van der Waals surface area contributed by atoms with Crippen LogP contribution in [0.1, 0.15) is 38.9 Å². The predicted octanol–water partition coefficient (Wildman–Crippen LogP) is 1.89. The van der Waals surface area contributed by atoms with Crippen LogP contribution in [0.2, 0.25) is 0 Å². The van der Waals surface area contributed by atoms with Crippen LogP contribution in [-0.4, -0.2) is 32.9 Å². The molecule has 0 radical (unpaired) electrons. The smallest absolute Gasteiger partial charge is 0.287 e. The van der Waals surface area contributed by atoms with Crippen LogP contribution in [0, 0.1) is 6.92 Å². The van der Waals surface area contributed by atoms with Gasteiger partial charge in [-0.1, -0.05) is 5.16 Å². The average molecular weight is 324 g/mol. The summed E-state index contributed by atoms with van der Waals surface area (Å²) in [5.41, 5.74) is 2.72. The first kappa shape index (κ1) is 14.6. The van der Waals surface area contributed by atoms with Crippen molar-refractivity contribution >= 4 is 22.7 Å². The zero-order valence-corrected chi connectivity index (χ0v) is 13.2. The average Bonchev–Trinajstić information content (AvgIpc) is 3.09. The van der Waals surface area contributed by atoms with Gasteiger partial charge in [-0.2, -0.15) is 0 Å². The van der Waals surface area contributed by atoms with Crippen LogP contribution < -0.4 is 5.32 Å². The third kappa shape index (κ3) is 2.47. The lowest BCUT2D eigenvalue weighted by Gasteiger charge is -2.04. The fourth-order valence-corrected chi connectivity index (χ4v) is 2.98. The molecule has 0 saturated heterocycles. The van der Waals surface area contributed by atoms with Gasteiger partial charge in [0, 0.05) is 24.7 Å². The van der Waals surface area contributed by atoms with Crippen molar-refractivity contribution in [2.75, 3.05) is 6.54 Å². The number of carbonyl (C=O) groups excluding carboxylic acids is 2. The third-order valence-corrected chi connectivity index (χ3v) is 4.14. The second-order valence-electron chi connectivity index (χ2n) is 5.93. The van der Waals surface area contributed by atoms with Gasteiger partial charge < -0.3 is 14.4 Å². The third-order valence-electron chi connectivity index (χ3n) is 4.14. The molecule has 7 nitrogen and oxygen atoms in total. The number of ketones is 1. The molecule has 0 aliphatic carbocycles. The fraction of sp³-hybridized carbons (Fsp3) is 0.294. The lowest BCUT2D eigenvalue weighted by Crippen LogP contribution is -2.23. The number of benzene rings is 1. The lowest BCUT2D eigenvalue weighted by atomic mass is 10.1. The lowest BCUT2D eigenvalue weighted by molar-refractivity contribution is 0.0945. The maximum Gasteiger partial charge on any atom is 0.287 e. The monoisotopic (exact) mass is 324 g/mol. The van der Waals surface area contributed by atoms with Gasteiger partial charge in [-0.3, -0.25) is 9.59 Å². The van der Waals surface area contributed by atoms with Crippen LogP contribution in [0.4, 0.5) is 0 Å². The van der Waals surface area contributed by atoms with Crippen LogP contribution in [0.5, 0.6) is 0 Å². The quantitative estimate of drug-likeness (QED) is 0.743. The minimum absolute atomic E-state index is 0.0428. The van der Waals surface area contributed by atoms with Gasteiger partial charge in [0.15, 0.2) is 11.6 Å². The van der Waals surface area contributed by atoms with Crippen molar-refractivity contribution in [3.63, 3.8) is 0 Å². The first-order valence-electron chi connectivity index (χ1n) is 7.86. The molecule has 0 unspecified atom stereocenters. The molecule has 0 atom stereocenters. The van der Waals surface area contributed by atoms with Gasteiger partial charge in [0.25, 0.3) is 5.91 Å². The number of aryl methyl sites for hydroxylation is 2. The summed E-state index contributed by atoms with van der Waals surface area (Å²) in [6.07, 6.45) is 1.02. The van der Waals surface area contributed by atoms with Crippen LogP contribution in [0.3, 0.4) is 0 Å². The van der Waals surface area contributed by atoms with Gasteiger partial charge in [-0.05, 0) is 31.5 Å². The molecule has 1 aliphatic rings. The topological polar surface area (TPSA) is 90.0 Å². The number of fused-ring (bicyclic) bond motifs is 3. The van der Waals surface area contributed by atoms with Crippen molar-refractivity contribution in [3.05, 3.63) is 47.1 Å². The number of amides is 1. The Hall–Kier alpha value is -2.96. The molecule has 0 spiro atoms. The van der Waals surface area contributed by atoms with E-state index in [1.165, 1.54) is 0 Å². The maximum atomic E-state index is 12.5. The van der Waals surface area contributed by atoms with Crippen molar-refractivity contribution in [1.82, 2.24) is 20.0 Å². The molecule has 122 valence electrons. The first-order valence-corrected chi connectivity index (χ1v) is 7.86. The van der Waals surface area contributed by atoms with Crippen LogP contribution in [0.25, 0.3) is 11.0 Å². The number of nitrogens with zero attached hydrogens (tertiary/aromatic N) is 3. The van der Waals surface area contributed by atoms with E-state index in [4.69, 9.17) is 4.52 Å². The Balaban J connectivity index is 1.71. The number of carbonyl (C=O) groups is 2. The van der Waals surface area contributed by atoms with Crippen molar-refractivity contribution in [2.45, 2.75) is 26.3 Å². The highest BCUT2D eigenvalue weighted by molar-refractivity contribution is 6.01. The highest BCUT2D eigenvalue weighted by Gasteiger charge is 2.21. The Morgan fingerprint density at radius 1 is 1.38 bits per heavy atom. The molecule has 1 amide bonds. The summed E-state index contributed by atoms with van der Waals surface area (Å²) in [5.74, 6) is 0.869. The molecular weight excluding hydrogens is 308 g/mol. The molecule has 0 fully saturated rings. The number of imidazole rings is 1. The number of hydrogen-bond donors (Lipinski definition) is 1. The number of rotatable bonds is 3. The summed E-state index contributed by atoms with van der Waals surface area (Å²) in [4.78, 5) is 29.0. The molecule has 24 heavy (non-hydrogen) atoms. The Labute approximate surface area is 137 Å². The van der Waals surface area contributed by atoms with E-state index in [-0.39, 0.29) is 18.1 Å². The predicted molar refractivity (Wildman–Crippen MR) is 86.0 cm³/mol. The number of hydrogen-bond acceptors (Lipinski definition) is 5. The second-order valence-corrected chi connectivity index (χ2v) is 5.93. The van der Waals surface area contributed by atoms with Gasteiger partial charge in [-0.15, -0.1) is 0 Å². The van der Waals surface area contributed by atoms with E-state index in [1.54, 1.807) is 31.2 Å². The van der Waals surface area contributed by atoms with E-state index in [0.29, 0.717) is 35.9 Å². The molecule has 0 bridgehead atoms. The molecule has 3 aromatic rings. The largest absolute Gasteiger partial charge is 0.361 e. The maximum absolute atomic E-state index is 12.5. The summed E-state index contributed by atoms with van der Waals surface area (Å²) in [6.45, 7) is 3.12. The van der Waals surface area contributed by atoms with E-state index in [1.807, 2.05) is 4.57 Å². The Morgan fingerprint density at radius 3 is 3.04 bits per heavy atom.